The number of para-hydroxylation sites is 1. The summed E-state index contributed by atoms with van der Waals surface area (Å²) in [6, 6.07) is 9.78. The summed E-state index contributed by atoms with van der Waals surface area (Å²) in [6.07, 6.45) is -0.525. The molecule has 1 fully saturated rings. The number of hydrogen-bond acceptors (Lipinski definition) is 3. The molecule has 1 saturated heterocycles. The molecule has 0 unspecified atom stereocenters. The van der Waals surface area contributed by atoms with Gasteiger partial charge in [-0.25, -0.2) is 4.98 Å². The second-order valence-electron chi connectivity index (χ2n) is 6.12. The van der Waals surface area contributed by atoms with E-state index in [4.69, 9.17) is 0 Å². The summed E-state index contributed by atoms with van der Waals surface area (Å²) in [4.78, 5) is 10.5. The number of likely N-dealkylation sites (tertiary alicyclic amines) is 1. The van der Waals surface area contributed by atoms with Gasteiger partial charge in [0.1, 0.15) is 0 Å². The van der Waals surface area contributed by atoms with Crippen molar-refractivity contribution in [1.82, 2.24) is 9.88 Å². The molecule has 1 aliphatic heterocycles. The highest BCUT2D eigenvalue weighted by Crippen LogP contribution is 2.30. The standard InChI is InChI=1S/C18H21F3N4S/c19-18(20,21)15-13-26-16(24-15)9-10-22-17(25-11-5-2-6-12-25)23-14-7-3-1-4-8-14/h1,3-4,7-8,13H,2,5-6,9-12H2,(H,22,23). The number of nitrogens with zero attached hydrogens (tertiary/aromatic N) is 3. The third kappa shape index (κ3) is 5.20. The van der Waals surface area contributed by atoms with Gasteiger partial charge in [0.25, 0.3) is 0 Å². The van der Waals surface area contributed by atoms with E-state index in [9.17, 15) is 13.2 Å². The minimum absolute atomic E-state index is 0.397. The molecule has 0 amide bonds. The first-order valence-corrected chi connectivity index (χ1v) is 9.53. The first-order valence-electron chi connectivity index (χ1n) is 8.65. The summed E-state index contributed by atoms with van der Waals surface area (Å²) in [6.45, 7) is 2.28. The second kappa shape index (κ2) is 8.53. The van der Waals surface area contributed by atoms with Crippen LogP contribution in [-0.4, -0.2) is 35.5 Å². The number of aliphatic imine (C=N–C) groups is 1. The summed E-state index contributed by atoms with van der Waals surface area (Å²) in [5.41, 5.74) is 0.130. The molecule has 26 heavy (non-hydrogen) atoms. The monoisotopic (exact) mass is 382 g/mol. The van der Waals surface area contributed by atoms with Gasteiger partial charge in [-0.1, -0.05) is 18.2 Å². The summed E-state index contributed by atoms with van der Waals surface area (Å²) >= 11 is 1.03. The average molecular weight is 382 g/mol. The van der Waals surface area contributed by atoms with Crippen LogP contribution >= 0.6 is 11.3 Å². The Balaban J connectivity index is 1.66. The van der Waals surface area contributed by atoms with Crippen molar-refractivity contribution >= 4 is 23.0 Å². The molecule has 1 aromatic carbocycles. The Morgan fingerprint density at radius 3 is 2.54 bits per heavy atom. The number of thiazole rings is 1. The molecule has 2 aromatic rings. The number of rotatable bonds is 4. The quantitative estimate of drug-likeness (QED) is 0.618. The van der Waals surface area contributed by atoms with Crippen molar-refractivity contribution in [3.63, 3.8) is 0 Å². The minimum atomic E-state index is -4.38. The van der Waals surface area contributed by atoms with Gasteiger partial charge < -0.3 is 10.2 Å². The summed E-state index contributed by atoms with van der Waals surface area (Å²) < 4.78 is 37.9. The third-order valence-corrected chi connectivity index (χ3v) is 5.02. The number of nitrogens with one attached hydrogen (secondary N) is 1. The maximum Gasteiger partial charge on any atom is 0.434 e. The highest BCUT2D eigenvalue weighted by atomic mass is 32.1. The van der Waals surface area contributed by atoms with Crippen LogP contribution in [-0.2, 0) is 12.6 Å². The summed E-state index contributed by atoms with van der Waals surface area (Å²) in [5.74, 6) is 0.781. The molecule has 1 N–H and O–H groups in total. The molecule has 4 nitrogen and oxygen atoms in total. The predicted octanol–water partition coefficient (Wildman–Crippen LogP) is 4.66. The lowest BCUT2D eigenvalue weighted by Crippen LogP contribution is -2.40. The number of guanidine groups is 1. The lowest BCUT2D eigenvalue weighted by molar-refractivity contribution is -0.140. The molecule has 0 atom stereocenters. The van der Waals surface area contributed by atoms with Gasteiger partial charge in [-0.3, -0.25) is 4.99 Å². The Labute approximate surface area is 154 Å². The number of alkyl halides is 3. The molecule has 0 radical (unpaired) electrons. The van der Waals surface area contributed by atoms with Crippen LogP contribution in [0, 0.1) is 0 Å². The molecule has 1 aromatic heterocycles. The first kappa shape index (κ1) is 18.7. The summed E-state index contributed by atoms with van der Waals surface area (Å²) in [7, 11) is 0. The van der Waals surface area contributed by atoms with Crippen LogP contribution in [0.25, 0.3) is 0 Å². The van der Waals surface area contributed by atoms with Gasteiger partial charge in [-0.15, -0.1) is 11.3 Å². The van der Waals surface area contributed by atoms with E-state index >= 15 is 0 Å². The highest BCUT2D eigenvalue weighted by Gasteiger charge is 2.33. The Bertz CT molecular complexity index is 722. The molecule has 0 bridgehead atoms. The third-order valence-electron chi connectivity index (χ3n) is 4.11. The van der Waals surface area contributed by atoms with Crippen LogP contribution in [0.15, 0.2) is 40.7 Å². The normalized spacial score (nSPS) is 16.0. The molecule has 140 valence electrons. The van der Waals surface area contributed by atoms with Gasteiger partial charge in [-0.05, 0) is 31.4 Å². The fourth-order valence-corrected chi connectivity index (χ4v) is 3.58. The van der Waals surface area contributed by atoms with Gasteiger partial charge >= 0.3 is 6.18 Å². The first-order chi connectivity index (χ1) is 12.5. The average Bonchev–Trinajstić information content (AvgIpc) is 3.12. The van der Waals surface area contributed by atoms with Gasteiger partial charge in [0.2, 0.25) is 0 Å². The molecule has 1 aliphatic rings. The van der Waals surface area contributed by atoms with Crippen molar-refractivity contribution < 1.29 is 13.2 Å². The number of piperidine rings is 1. The molecule has 0 saturated carbocycles. The van der Waals surface area contributed by atoms with Crippen LogP contribution in [0.1, 0.15) is 30.0 Å². The molecule has 0 aliphatic carbocycles. The van der Waals surface area contributed by atoms with E-state index in [2.05, 4.69) is 20.2 Å². The number of halogens is 3. The summed E-state index contributed by atoms with van der Waals surface area (Å²) in [5, 5.41) is 4.86. The van der Waals surface area contributed by atoms with Gasteiger partial charge in [0.15, 0.2) is 11.7 Å². The zero-order valence-corrected chi connectivity index (χ0v) is 15.1. The zero-order valence-electron chi connectivity index (χ0n) is 14.3. The molecule has 3 rings (SSSR count). The lowest BCUT2D eigenvalue weighted by Gasteiger charge is -2.30. The molecule has 0 spiro atoms. The number of hydrogen-bond donors (Lipinski definition) is 1. The van der Waals surface area contributed by atoms with Crippen molar-refractivity contribution in [1.29, 1.82) is 0 Å². The fourth-order valence-electron chi connectivity index (χ4n) is 2.79. The van der Waals surface area contributed by atoms with Crippen molar-refractivity contribution in [3.8, 4) is 0 Å². The lowest BCUT2D eigenvalue weighted by atomic mass is 10.1. The second-order valence-corrected chi connectivity index (χ2v) is 7.06. The largest absolute Gasteiger partial charge is 0.434 e. The van der Waals surface area contributed by atoms with E-state index < -0.39 is 11.9 Å². The Morgan fingerprint density at radius 1 is 1.15 bits per heavy atom. The smallest absolute Gasteiger partial charge is 0.343 e. The van der Waals surface area contributed by atoms with E-state index in [0.29, 0.717) is 18.0 Å². The van der Waals surface area contributed by atoms with E-state index in [1.165, 1.54) is 6.42 Å². The Hall–Kier alpha value is -2.09. The number of aromatic nitrogens is 1. The fraction of sp³-hybridized carbons (Fsp3) is 0.444. The van der Waals surface area contributed by atoms with E-state index in [1.54, 1.807) is 0 Å². The van der Waals surface area contributed by atoms with Crippen LogP contribution in [0.5, 0.6) is 0 Å². The van der Waals surface area contributed by atoms with Crippen LogP contribution in [0.3, 0.4) is 0 Å². The van der Waals surface area contributed by atoms with Crippen molar-refractivity contribution in [2.75, 3.05) is 25.0 Å². The predicted molar refractivity (Wildman–Crippen MR) is 98.6 cm³/mol. The van der Waals surface area contributed by atoms with E-state index in [0.717, 1.165) is 54.3 Å². The molecular weight excluding hydrogens is 361 g/mol. The number of anilines is 1. The topological polar surface area (TPSA) is 40.5 Å². The van der Waals surface area contributed by atoms with Crippen LogP contribution in [0.2, 0.25) is 0 Å². The van der Waals surface area contributed by atoms with Gasteiger partial charge in [0, 0.05) is 37.1 Å². The Kier molecular flexibility index (Phi) is 6.13. The van der Waals surface area contributed by atoms with E-state index in [-0.39, 0.29) is 0 Å². The maximum absolute atomic E-state index is 12.6. The van der Waals surface area contributed by atoms with Crippen molar-refractivity contribution in [3.05, 3.63) is 46.4 Å². The molecule has 8 heteroatoms. The Morgan fingerprint density at radius 2 is 1.88 bits per heavy atom. The SMILES string of the molecule is FC(F)(F)c1csc(CCN=C(Nc2ccccc2)N2CCCCC2)n1. The van der Waals surface area contributed by atoms with Crippen molar-refractivity contribution in [2.45, 2.75) is 31.9 Å². The molecular formula is C18H21F3N4S. The van der Waals surface area contributed by atoms with Gasteiger partial charge in [0.05, 0.1) is 5.01 Å². The minimum Gasteiger partial charge on any atom is -0.343 e. The van der Waals surface area contributed by atoms with Crippen LogP contribution in [0.4, 0.5) is 18.9 Å². The highest BCUT2D eigenvalue weighted by molar-refractivity contribution is 7.09. The van der Waals surface area contributed by atoms with Crippen molar-refractivity contribution in [2.24, 2.45) is 4.99 Å². The van der Waals surface area contributed by atoms with Gasteiger partial charge in [-0.2, -0.15) is 13.2 Å². The maximum atomic E-state index is 12.6. The van der Waals surface area contributed by atoms with Crippen LogP contribution < -0.4 is 5.32 Å². The van der Waals surface area contributed by atoms with E-state index in [1.807, 2.05) is 30.3 Å². The number of benzene rings is 1. The molecule has 2 heterocycles. The zero-order chi connectivity index (χ0) is 18.4.